The molecule has 4 heteroatoms. The topological polar surface area (TPSA) is 46.5 Å². The zero-order chi connectivity index (χ0) is 21.4. The number of ketones is 1. The van der Waals surface area contributed by atoms with E-state index in [0.29, 0.717) is 29.0 Å². The van der Waals surface area contributed by atoms with Gasteiger partial charge in [-0.2, -0.15) is 0 Å². The summed E-state index contributed by atoms with van der Waals surface area (Å²) in [5, 5.41) is 10.4. The van der Waals surface area contributed by atoms with Gasteiger partial charge in [0.05, 0.1) is 17.2 Å². The quantitative estimate of drug-likeness (QED) is 0.534. The highest BCUT2D eigenvalue weighted by Gasteiger charge is 2.63. The van der Waals surface area contributed by atoms with Crippen LogP contribution in [0.3, 0.4) is 0 Å². The predicted octanol–water partition coefficient (Wildman–Crippen LogP) is 6.18. The van der Waals surface area contributed by atoms with Gasteiger partial charge < -0.3 is 9.84 Å². The van der Waals surface area contributed by atoms with Gasteiger partial charge in [0.25, 0.3) is 0 Å². The maximum Gasteiger partial charge on any atom is 0.174 e. The number of phenolic OH excluding ortho intramolecular Hbond substituents is 1. The molecule has 1 aromatic carbocycles. The normalized spacial score (nSPS) is 39.2. The van der Waals surface area contributed by atoms with Gasteiger partial charge in [0, 0.05) is 17.8 Å². The molecule has 3 nitrogen and oxygen atoms in total. The number of hydrogen-bond donors (Lipinski definition) is 1. The molecule has 0 saturated heterocycles. The maximum absolute atomic E-state index is 12.3. The van der Waals surface area contributed by atoms with Crippen LogP contribution in [-0.2, 0) is 9.53 Å². The van der Waals surface area contributed by atoms with E-state index in [1.165, 1.54) is 23.1 Å². The van der Waals surface area contributed by atoms with Crippen molar-refractivity contribution in [1.82, 2.24) is 0 Å². The van der Waals surface area contributed by atoms with Crippen LogP contribution < -0.4 is 0 Å². The van der Waals surface area contributed by atoms with Crippen molar-refractivity contribution in [2.24, 2.45) is 17.3 Å². The van der Waals surface area contributed by atoms with E-state index < -0.39 is 0 Å². The highest BCUT2D eigenvalue weighted by atomic mass is 35.5. The van der Waals surface area contributed by atoms with Crippen molar-refractivity contribution >= 4 is 17.4 Å². The first-order chi connectivity index (χ1) is 14.9. The van der Waals surface area contributed by atoms with Crippen LogP contribution in [0.2, 0.25) is 0 Å². The van der Waals surface area contributed by atoms with Crippen LogP contribution in [0.25, 0.3) is 0 Å². The van der Waals surface area contributed by atoms with Crippen molar-refractivity contribution in [3.8, 4) is 5.75 Å². The Bertz CT molecular complexity index is 1050. The van der Waals surface area contributed by atoms with Gasteiger partial charge in [-0.3, -0.25) is 4.79 Å². The number of hydrogen-bond acceptors (Lipinski definition) is 3. The van der Waals surface area contributed by atoms with E-state index in [9.17, 15) is 9.90 Å². The molecule has 162 valence electrons. The molecule has 5 aliphatic rings. The second kappa shape index (κ2) is 6.83. The molecular weight excluding hydrogens is 408 g/mol. The van der Waals surface area contributed by atoms with Gasteiger partial charge in [-0.25, -0.2) is 0 Å². The number of allylic oxidation sites excluding steroid dienone is 4. The fourth-order valence-corrected chi connectivity index (χ4v) is 8.04. The SMILES string of the molecule is C[C@]12C[C@H](c3ccc(O)cc3)C3=C4CCC(=O)C(Cl)=C4CC[C@H]3[C@@H]1CCC21C=CCO1. The Kier molecular flexibility index (Phi) is 4.36. The number of ether oxygens (including phenoxy) is 1. The average molecular weight is 437 g/mol. The number of fused-ring (bicyclic) bond motifs is 5. The number of carbonyl (C=O) groups excluding carboxylic acids is 1. The molecule has 0 radical (unpaired) electrons. The molecule has 0 bridgehead atoms. The molecule has 0 aromatic heterocycles. The third-order valence-electron chi connectivity index (χ3n) is 9.15. The van der Waals surface area contributed by atoms with E-state index in [4.69, 9.17) is 16.3 Å². The summed E-state index contributed by atoms with van der Waals surface area (Å²) in [6.07, 6.45) is 11.2. The van der Waals surface area contributed by atoms with Crippen molar-refractivity contribution in [2.75, 3.05) is 6.61 Å². The maximum atomic E-state index is 12.3. The van der Waals surface area contributed by atoms with Gasteiger partial charge in [0.2, 0.25) is 0 Å². The summed E-state index contributed by atoms with van der Waals surface area (Å²) in [6.45, 7) is 3.17. The van der Waals surface area contributed by atoms with E-state index in [0.717, 1.165) is 44.3 Å². The Morgan fingerprint density at radius 3 is 2.65 bits per heavy atom. The molecule has 1 aliphatic heterocycles. The molecule has 4 aliphatic carbocycles. The van der Waals surface area contributed by atoms with Gasteiger partial charge in [0.15, 0.2) is 5.78 Å². The van der Waals surface area contributed by atoms with Crippen molar-refractivity contribution in [3.05, 3.63) is 63.7 Å². The number of benzene rings is 1. The molecule has 0 amide bonds. The third kappa shape index (κ3) is 2.66. The predicted molar refractivity (Wildman–Crippen MR) is 121 cm³/mol. The molecule has 2 saturated carbocycles. The fourth-order valence-electron chi connectivity index (χ4n) is 7.73. The van der Waals surface area contributed by atoms with Crippen LogP contribution >= 0.6 is 11.6 Å². The van der Waals surface area contributed by atoms with E-state index in [1.807, 2.05) is 0 Å². The zero-order valence-corrected chi connectivity index (χ0v) is 18.8. The van der Waals surface area contributed by atoms with Crippen LogP contribution in [-0.4, -0.2) is 23.1 Å². The largest absolute Gasteiger partial charge is 0.508 e. The molecule has 1 unspecified atom stereocenters. The lowest BCUT2D eigenvalue weighted by atomic mass is 9.51. The standard InChI is InChI=1S/C27H29ClO3/c1-26-15-21(16-3-5-17(29)6-4-16)24-18-9-10-23(30)25(28)19(18)7-8-20(24)22(26)11-13-27(26)12-2-14-31-27/h2-6,12,20-22,29H,7-11,13-15H2,1H3/t20-,21+,22-,26-,27?/m0/s1. The lowest BCUT2D eigenvalue weighted by molar-refractivity contribution is -0.115. The first kappa shape index (κ1) is 19.8. The first-order valence-corrected chi connectivity index (χ1v) is 12.1. The van der Waals surface area contributed by atoms with Crippen molar-refractivity contribution < 1.29 is 14.6 Å². The minimum atomic E-state index is -0.153. The monoisotopic (exact) mass is 436 g/mol. The number of Topliss-reactive ketones (excluding diaryl/α,β-unsaturated/α-hetero) is 1. The summed E-state index contributed by atoms with van der Waals surface area (Å²) < 4.78 is 6.45. The minimum absolute atomic E-state index is 0.0762. The highest BCUT2D eigenvalue weighted by molar-refractivity contribution is 6.43. The van der Waals surface area contributed by atoms with E-state index in [1.54, 1.807) is 12.1 Å². The van der Waals surface area contributed by atoms with Crippen LogP contribution in [0.5, 0.6) is 5.75 Å². The van der Waals surface area contributed by atoms with Crippen LogP contribution in [0.15, 0.2) is 58.2 Å². The number of halogens is 1. The minimum Gasteiger partial charge on any atom is -0.508 e. The molecule has 1 spiro atoms. The van der Waals surface area contributed by atoms with Crippen molar-refractivity contribution in [3.63, 3.8) is 0 Å². The summed E-state index contributed by atoms with van der Waals surface area (Å²) in [4.78, 5) is 12.3. The Hall–Kier alpha value is -1.84. The van der Waals surface area contributed by atoms with E-state index >= 15 is 0 Å². The number of aromatic hydroxyl groups is 1. The molecular formula is C27H29ClO3. The Morgan fingerprint density at radius 2 is 1.90 bits per heavy atom. The summed E-state index contributed by atoms with van der Waals surface area (Å²) in [5.74, 6) is 1.76. The first-order valence-electron chi connectivity index (χ1n) is 11.7. The Morgan fingerprint density at radius 1 is 1.10 bits per heavy atom. The summed E-state index contributed by atoms with van der Waals surface area (Å²) >= 11 is 6.56. The van der Waals surface area contributed by atoms with Crippen LogP contribution in [0.4, 0.5) is 0 Å². The van der Waals surface area contributed by atoms with E-state index in [2.05, 4.69) is 31.2 Å². The number of carbonyl (C=O) groups is 1. The van der Waals surface area contributed by atoms with Gasteiger partial charge in [-0.1, -0.05) is 48.4 Å². The van der Waals surface area contributed by atoms with Gasteiger partial charge in [0.1, 0.15) is 5.75 Å². The average Bonchev–Trinajstić information content (AvgIpc) is 3.36. The molecule has 1 heterocycles. The van der Waals surface area contributed by atoms with Crippen LogP contribution in [0.1, 0.15) is 63.4 Å². The third-order valence-corrected chi connectivity index (χ3v) is 9.59. The smallest absolute Gasteiger partial charge is 0.174 e. The lowest BCUT2D eigenvalue weighted by Crippen LogP contribution is -2.51. The number of phenols is 1. The summed E-state index contributed by atoms with van der Waals surface area (Å²) in [6, 6.07) is 7.76. The van der Waals surface area contributed by atoms with Gasteiger partial charge in [-0.05, 0) is 79.2 Å². The second-order valence-electron chi connectivity index (χ2n) is 10.3. The molecule has 1 N–H and O–H groups in total. The lowest BCUT2D eigenvalue weighted by Gasteiger charge is -2.55. The van der Waals surface area contributed by atoms with E-state index in [-0.39, 0.29) is 22.7 Å². The Labute approximate surface area is 188 Å². The molecule has 6 rings (SSSR count). The van der Waals surface area contributed by atoms with Gasteiger partial charge >= 0.3 is 0 Å². The summed E-state index contributed by atoms with van der Waals surface area (Å²) in [5.41, 5.74) is 5.18. The fraction of sp³-hybridized carbons (Fsp3) is 0.519. The molecule has 2 fully saturated rings. The zero-order valence-electron chi connectivity index (χ0n) is 18.0. The van der Waals surface area contributed by atoms with Crippen LogP contribution in [0, 0.1) is 17.3 Å². The van der Waals surface area contributed by atoms with Crippen molar-refractivity contribution in [1.29, 1.82) is 0 Å². The molecule has 31 heavy (non-hydrogen) atoms. The number of rotatable bonds is 1. The highest BCUT2D eigenvalue weighted by Crippen LogP contribution is 2.68. The van der Waals surface area contributed by atoms with Crippen molar-refractivity contribution in [2.45, 2.75) is 63.4 Å². The van der Waals surface area contributed by atoms with Gasteiger partial charge in [-0.15, -0.1) is 0 Å². The molecule has 1 aromatic rings. The Balaban J connectivity index is 1.55. The molecule has 5 atom stereocenters. The second-order valence-corrected chi connectivity index (χ2v) is 10.7. The summed E-state index contributed by atoms with van der Waals surface area (Å²) in [7, 11) is 0.